The maximum absolute atomic E-state index is 15.7. The zero-order chi connectivity index (χ0) is 30.0. The van der Waals surface area contributed by atoms with Crippen LogP contribution in [-0.2, 0) is 24.5 Å². The van der Waals surface area contributed by atoms with Gasteiger partial charge in [0.25, 0.3) is 5.91 Å². The second kappa shape index (κ2) is 12.4. The SMILES string of the molecule is CCC[C@H](C)N1CN(c2c(F)cccc2Cl)C(=O)c2cc(F)c(-n3nc(COCc4ccccc4)n(CC)c3=O)nc21. The van der Waals surface area contributed by atoms with Crippen LogP contribution in [0.3, 0.4) is 0 Å². The molecule has 0 saturated heterocycles. The molecule has 0 radical (unpaired) electrons. The van der Waals surface area contributed by atoms with E-state index in [4.69, 9.17) is 16.3 Å². The Kier molecular flexibility index (Phi) is 8.69. The minimum Gasteiger partial charge on any atom is -0.369 e. The number of hydrogen-bond donors (Lipinski definition) is 0. The Hall–Kier alpha value is -4.09. The smallest absolute Gasteiger partial charge is 0.352 e. The number of nitrogens with zero attached hydrogens (tertiary/aromatic N) is 6. The third-order valence-electron chi connectivity index (χ3n) is 7.22. The standard InChI is InChI=1S/C30H31ClF2N6O3/c1-4-10-19(3)37-18-38(26-22(31)13-9-14-23(26)32)29(40)21-15-24(33)28(34-27(21)37)39-30(41)36(5-2)25(35-39)17-42-16-20-11-7-6-8-12-20/h6-9,11-15,19H,4-5,10,16-18H2,1-3H3/t19-/m0/s1. The lowest BCUT2D eigenvalue weighted by Crippen LogP contribution is -2.51. The zero-order valence-corrected chi connectivity index (χ0v) is 24.3. The van der Waals surface area contributed by atoms with Crippen molar-refractivity contribution in [2.75, 3.05) is 16.5 Å². The van der Waals surface area contributed by atoms with E-state index < -0.39 is 23.2 Å². The quantitative estimate of drug-likeness (QED) is 0.233. The molecular formula is C30H31ClF2N6O3. The molecule has 0 bridgehead atoms. The molecule has 1 amide bonds. The lowest BCUT2D eigenvalue weighted by Gasteiger charge is -2.40. The highest BCUT2D eigenvalue weighted by molar-refractivity contribution is 6.34. The Morgan fingerprint density at radius 1 is 1.00 bits per heavy atom. The van der Waals surface area contributed by atoms with Gasteiger partial charge < -0.3 is 9.64 Å². The Balaban J connectivity index is 1.55. The van der Waals surface area contributed by atoms with Crippen LogP contribution in [0.15, 0.2) is 59.4 Å². The molecule has 5 rings (SSSR count). The molecule has 1 aliphatic heterocycles. The van der Waals surface area contributed by atoms with Crippen LogP contribution in [0.4, 0.5) is 20.3 Å². The number of benzene rings is 2. The van der Waals surface area contributed by atoms with Crippen LogP contribution in [0, 0.1) is 11.6 Å². The van der Waals surface area contributed by atoms with Crippen LogP contribution >= 0.6 is 11.6 Å². The van der Waals surface area contributed by atoms with E-state index in [0.717, 1.165) is 22.7 Å². The summed E-state index contributed by atoms with van der Waals surface area (Å²) in [4.78, 5) is 34.4. The van der Waals surface area contributed by atoms with Crippen LogP contribution in [0.2, 0.25) is 5.02 Å². The summed E-state index contributed by atoms with van der Waals surface area (Å²) in [6.07, 6.45) is 1.54. The van der Waals surface area contributed by atoms with E-state index >= 15 is 4.39 Å². The lowest BCUT2D eigenvalue weighted by molar-refractivity contribution is 0.0979. The van der Waals surface area contributed by atoms with Gasteiger partial charge in [-0.2, -0.15) is 4.68 Å². The highest BCUT2D eigenvalue weighted by Crippen LogP contribution is 2.37. The fraction of sp³-hybridized carbons (Fsp3) is 0.333. The number of carbonyl (C=O) groups excluding carboxylic acids is 1. The fourth-order valence-corrected chi connectivity index (χ4v) is 5.36. The van der Waals surface area contributed by atoms with E-state index in [9.17, 15) is 14.0 Å². The predicted molar refractivity (Wildman–Crippen MR) is 156 cm³/mol. The second-order valence-electron chi connectivity index (χ2n) is 10.1. The molecule has 0 unspecified atom stereocenters. The molecule has 1 atom stereocenters. The summed E-state index contributed by atoms with van der Waals surface area (Å²) < 4.78 is 38.7. The first kappa shape index (κ1) is 29.4. The molecule has 2 aromatic carbocycles. The Bertz CT molecular complexity index is 1640. The van der Waals surface area contributed by atoms with Crippen molar-refractivity contribution in [1.82, 2.24) is 19.3 Å². The number of carbonyl (C=O) groups is 1. The van der Waals surface area contributed by atoms with E-state index in [1.807, 2.05) is 44.2 Å². The number of para-hydroxylation sites is 1. The second-order valence-corrected chi connectivity index (χ2v) is 10.5. The molecule has 1 aliphatic rings. The van der Waals surface area contributed by atoms with Crippen LogP contribution in [0.5, 0.6) is 0 Å². The van der Waals surface area contributed by atoms with Gasteiger partial charge in [0.2, 0.25) is 0 Å². The van der Waals surface area contributed by atoms with Gasteiger partial charge in [-0.05, 0) is 44.0 Å². The number of rotatable bonds is 10. The average Bonchev–Trinajstić information content (AvgIpc) is 3.29. The number of pyridine rings is 1. The maximum atomic E-state index is 15.7. The first-order valence-corrected chi connectivity index (χ1v) is 14.2. The number of amides is 1. The third kappa shape index (κ3) is 5.54. The number of halogens is 3. The number of hydrogen-bond acceptors (Lipinski definition) is 6. The Labute approximate surface area is 246 Å². The van der Waals surface area contributed by atoms with Crippen molar-refractivity contribution < 1.29 is 18.3 Å². The van der Waals surface area contributed by atoms with E-state index in [2.05, 4.69) is 10.1 Å². The molecule has 9 nitrogen and oxygen atoms in total. The fourth-order valence-electron chi connectivity index (χ4n) is 5.10. The molecule has 0 N–H and O–H groups in total. The number of anilines is 2. The Morgan fingerprint density at radius 3 is 2.45 bits per heavy atom. The maximum Gasteiger partial charge on any atom is 0.352 e. The first-order chi connectivity index (χ1) is 20.2. The van der Waals surface area contributed by atoms with Crippen molar-refractivity contribution in [2.24, 2.45) is 0 Å². The van der Waals surface area contributed by atoms with E-state index in [-0.39, 0.29) is 53.8 Å². The molecule has 2 aromatic heterocycles. The monoisotopic (exact) mass is 596 g/mol. The minimum absolute atomic E-state index is 0.0219. The number of aromatic nitrogens is 4. The molecule has 3 heterocycles. The van der Waals surface area contributed by atoms with Gasteiger partial charge in [-0.15, -0.1) is 5.10 Å². The van der Waals surface area contributed by atoms with Crippen LogP contribution < -0.4 is 15.5 Å². The summed E-state index contributed by atoms with van der Waals surface area (Å²) in [5.74, 6) is -2.10. The van der Waals surface area contributed by atoms with Crippen LogP contribution in [-0.4, -0.2) is 37.9 Å². The van der Waals surface area contributed by atoms with Crippen molar-refractivity contribution in [3.63, 3.8) is 0 Å². The highest BCUT2D eigenvalue weighted by atomic mass is 35.5. The predicted octanol–water partition coefficient (Wildman–Crippen LogP) is 5.71. The van der Waals surface area contributed by atoms with Gasteiger partial charge in [0.05, 0.1) is 17.2 Å². The summed E-state index contributed by atoms with van der Waals surface area (Å²) in [7, 11) is 0. The summed E-state index contributed by atoms with van der Waals surface area (Å²) in [5, 5.41) is 4.42. The summed E-state index contributed by atoms with van der Waals surface area (Å²) >= 11 is 6.30. The van der Waals surface area contributed by atoms with Gasteiger partial charge in [-0.1, -0.05) is 61.3 Å². The van der Waals surface area contributed by atoms with E-state index in [1.54, 1.807) is 11.8 Å². The summed E-state index contributed by atoms with van der Waals surface area (Å²) in [6.45, 7) is 6.28. The molecule has 0 fully saturated rings. The highest BCUT2D eigenvalue weighted by Gasteiger charge is 2.37. The van der Waals surface area contributed by atoms with Crippen molar-refractivity contribution >= 4 is 29.0 Å². The summed E-state index contributed by atoms with van der Waals surface area (Å²) in [5.41, 5.74) is 0.212. The third-order valence-corrected chi connectivity index (χ3v) is 7.53. The van der Waals surface area contributed by atoms with Gasteiger partial charge >= 0.3 is 5.69 Å². The topological polar surface area (TPSA) is 85.5 Å². The zero-order valence-electron chi connectivity index (χ0n) is 23.6. The van der Waals surface area contributed by atoms with Gasteiger partial charge in [0.15, 0.2) is 17.5 Å². The van der Waals surface area contributed by atoms with Crippen molar-refractivity contribution in [2.45, 2.75) is 59.4 Å². The van der Waals surface area contributed by atoms with Gasteiger partial charge in [0.1, 0.15) is 30.6 Å². The average molecular weight is 597 g/mol. The van der Waals surface area contributed by atoms with Gasteiger partial charge in [-0.25, -0.2) is 18.6 Å². The molecule has 42 heavy (non-hydrogen) atoms. The van der Waals surface area contributed by atoms with Gasteiger partial charge in [-0.3, -0.25) is 14.3 Å². The normalized spacial score (nSPS) is 13.9. The molecular weight excluding hydrogens is 566 g/mol. The van der Waals surface area contributed by atoms with E-state index in [0.29, 0.717) is 18.9 Å². The number of fused-ring (bicyclic) bond motifs is 1. The number of ether oxygens (including phenoxy) is 1. The summed E-state index contributed by atoms with van der Waals surface area (Å²) in [6, 6.07) is 14.6. The molecule has 0 spiro atoms. The largest absolute Gasteiger partial charge is 0.369 e. The minimum atomic E-state index is -0.925. The first-order valence-electron chi connectivity index (χ1n) is 13.8. The molecule has 12 heteroatoms. The van der Waals surface area contributed by atoms with Gasteiger partial charge in [0, 0.05) is 12.6 Å². The van der Waals surface area contributed by atoms with Crippen molar-refractivity contribution in [3.05, 3.63) is 98.7 Å². The Morgan fingerprint density at radius 2 is 1.76 bits per heavy atom. The van der Waals surface area contributed by atoms with E-state index in [1.165, 1.54) is 27.7 Å². The molecule has 0 saturated carbocycles. The molecule has 220 valence electrons. The molecule has 0 aliphatic carbocycles. The molecule has 4 aromatic rings. The van der Waals surface area contributed by atoms with Crippen molar-refractivity contribution in [1.29, 1.82) is 0 Å². The van der Waals surface area contributed by atoms with Crippen LogP contribution in [0.1, 0.15) is 55.4 Å². The van der Waals surface area contributed by atoms with Crippen molar-refractivity contribution in [3.8, 4) is 5.82 Å². The van der Waals surface area contributed by atoms with Crippen LogP contribution in [0.25, 0.3) is 5.82 Å². The lowest BCUT2D eigenvalue weighted by atomic mass is 10.1.